The Morgan fingerprint density at radius 2 is 2.12 bits per heavy atom. The number of carbonyl (C=O) groups excluding carboxylic acids is 1. The number of amides is 1. The van der Waals surface area contributed by atoms with Crippen molar-refractivity contribution in [2.24, 2.45) is 23.7 Å². The van der Waals surface area contributed by atoms with E-state index in [0.717, 1.165) is 72.2 Å². The first-order valence-corrected chi connectivity index (χ1v) is 11.9. The van der Waals surface area contributed by atoms with Crippen LogP contribution in [0, 0.1) is 5.92 Å². The SMILES string of the molecule is CCn1c(-c2nc3cc(C(=O)N4C[C@H]5CC[C@@H]4[C@@H]5N)cc(OC)c3n2C)cc2c1=NCCC=2. The van der Waals surface area contributed by atoms with E-state index in [9.17, 15) is 4.79 Å². The zero-order valence-electron chi connectivity index (χ0n) is 19.4. The van der Waals surface area contributed by atoms with Crippen molar-refractivity contribution in [2.75, 3.05) is 20.2 Å². The number of likely N-dealkylation sites (tertiary alicyclic amines) is 1. The van der Waals surface area contributed by atoms with Crippen molar-refractivity contribution in [2.45, 2.75) is 44.8 Å². The maximum absolute atomic E-state index is 13.4. The minimum Gasteiger partial charge on any atom is -0.494 e. The first-order valence-electron chi connectivity index (χ1n) is 11.9. The predicted octanol–water partition coefficient (Wildman–Crippen LogP) is 1.44. The van der Waals surface area contributed by atoms with E-state index in [1.165, 1.54) is 0 Å². The number of fused-ring (bicyclic) bond motifs is 4. The van der Waals surface area contributed by atoms with Crippen molar-refractivity contribution in [3.63, 3.8) is 0 Å². The van der Waals surface area contributed by atoms with Crippen LogP contribution >= 0.6 is 0 Å². The summed E-state index contributed by atoms with van der Waals surface area (Å²) < 4.78 is 10.0. The molecule has 172 valence electrons. The predicted molar refractivity (Wildman–Crippen MR) is 127 cm³/mol. The molecule has 2 aromatic heterocycles. The number of hydrogen-bond acceptors (Lipinski definition) is 5. The maximum Gasteiger partial charge on any atom is 0.254 e. The van der Waals surface area contributed by atoms with Crippen LogP contribution in [0.25, 0.3) is 28.6 Å². The lowest BCUT2D eigenvalue weighted by Gasteiger charge is -2.27. The topological polar surface area (TPSA) is 90.7 Å². The highest BCUT2D eigenvalue weighted by molar-refractivity contribution is 6.00. The number of hydrogen-bond donors (Lipinski definition) is 1. The Morgan fingerprint density at radius 3 is 2.82 bits per heavy atom. The largest absolute Gasteiger partial charge is 0.494 e. The Hall–Kier alpha value is -3.13. The van der Waals surface area contributed by atoms with Gasteiger partial charge in [-0.05, 0) is 50.3 Å². The van der Waals surface area contributed by atoms with Crippen LogP contribution in [0.3, 0.4) is 0 Å². The van der Waals surface area contributed by atoms with Gasteiger partial charge >= 0.3 is 0 Å². The van der Waals surface area contributed by atoms with Gasteiger partial charge in [-0.25, -0.2) is 4.98 Å². The van der Waals surface area contributed by atoms with Crippen molar-refractivity contribution in [3.05, 3.63) is 34.5 Å². The van der Waals surface area contributed by atoms with Gasteiger partial charge in [-0.15, -0.1) is 0 Å². The molecule has 6 rings (SSSR count). The number of nitrogens with zero attached hydrogens (tertiary/aromatic N) is 5. The second-order valence-electron chi connectivity index (χ2n) is 9.41. The fraction of sp³-hybridized carbons (Fsp3) is 0.480. The van der Waals surface area contributed by atoms with Gasteiger partial charge in [0.2, 0.25) is 0 Å². The summed E-state index contributed by atoms with van der Waals surface area (Å²) in [6.07, 6.45) is 5.31. The van der Waals surface area contributed by atoms with E-state index in [2.05, 4.69) is 28.2 Å². The van der Waals surface area contributed by atoms with E-state index in [1.54, 1.807) is 7.11 Å². The van der Waals surface area contributed by atoms with Gasteiger partial charge < -0.3 is 24.5 Å². The van der Waals surface area contributed by atoms with E-state index in [1.807, 2.05) is 24.1 Å². The second kappa shape index (κ2) is 7.45. The third-order valence-corrected chi connectivity index (χ3v) is 7.71. The average molecular weight is 447 g/mol. The Kier molecular flexibility index (Phi) is 4.62. The van der Waals surface area contributed by atoms with Gasteiger partial charge in [-0.2, -0.15) is 0 Å². The Morgan fingerprint density at radius 1 is 1.27 bits per heavy atom. The number of methoxy groups -OCH3 is 1. The Bertz CT molecular complexity index is 1400. The highest BCUT2D eigenvalue weighted by atomic mass is 16.5. The fourth-order valence-electron chi connectivity index (χ4n) is 6.05. The quantitative estimate of drug-likeness (QED) is 0.657. The minimum atomic E-state index is 0.0193. The summed E-state index contributed by atoms with van der Waals surface area (Å²) in [5.41, 5.74) is 10.6. The Balaban J connectivity index is 1.48. The van der Waals surface area contributed by atoms with Crippen molar-refractivity contribution >= 4 is 23.0 Å². The van der Waals surface area contributed by atoms with Crippen molar-refractivity contribution in [1.82, 2.24) is 19.0 Å². The molecule has 0 radical (unpaired) electrons. The van der Waals surface area contributed by atoms with E-state index in [4.69, 9.17) is 20.4 Å². The summed E-state index contributed by atoms with van der Waals surface area (Å²) in [4.78, 5) is 25.1. The lowest BCUT2D eigenvalue weighted by molar-refractivity contribution is 0.0700. The number of carbonyl (C=O) groups is 1. The number of rotatable bonds is 4. The third-order valence-electron chi connectivity index (χ3n) is 7.71. The van der Waals surface area contributed by atoms with Gasteiger partial charge in [0.15, 0.2) is 5.82 Å². The first-order chi connectivity index (χ1) is 16.0. The van der Waals surface area contributed by atoms with Crippen LogP contribution < -0.4 is 21.2 Å². The van der Waals surface area contributed by atoms with E-state index in [-0.39, 0.29) is 18.0 Å². The average Bonchev–Trinajstić information content (AvgIpc) is 3.57. The molecule has 4 heterocycles. The van der Waals surface area contributed by atoms with Crippen LogP contribution in [0.1, 0.15) is 36.5 Å². The summed E-state index contributed by atoms with van der Waals surface area (Å²) in [6.45, 7) is 4.50. The van der Waals surface area contributed by atoms with Gasteiger partial charge in [0.05, 0.1) is 18.3 Å². The lowest BCUT2D eigenvalue weighted by Crippen LogP contribution is -2.41. The van der Waals surface area contributed by atoms with Gasteiger partial charge in [-0.1, -0.05) is 6.08 Å². The molecule has 1 saturated carbocycles. The number of aryl methyl sites for hydroxylation is 1. The van der Waals surface area contributed by atoms with Crippen molar-refractivity contribution in [3.8, 4) is 17.3 Å². The molecule has 2 bridgehead atoms. The highest BCUT2D eigenvalue weighted by Gasteiger charge is 2.47. The monoisotopic (exact) mass is 446 g/mol. The molecule has 1 saturated heterocycles. The zero-order valence-corrected chi connectivity index (χ0v) is 19.4. The molecule has 2 N–H and O–H groups in total. The zero-order chi connectivity index (χ0) is 22.9. The minimum absolute atomic E-state index is 0.0193. The molecule has 2 aliphatic heterocycles. The molecule has 1 amide bonds. The lowest BCUT2D eigenvalue weighted by atomic mass is 10.1. The highest BCUT2D eigenvalue weighted by Crippen LogP contribution is 2.38. The van der Waals surface area contributed by atoms with Crippen LogP contribution in [0.2, 0.25) is 0 Å². The first kappa shape index (κ1) is 20.5. The number of nitrogens with two attached hydrogens (primary N) is 1. The number of benzene rings is 1. The van der Waals surface area contributed by atoms with Crippen LogP contribution in [0.4, 0.5) is 0 Å². The molecule has 8 heteroatoms. The van der Waals surface area contributed by atoms with E-state index >= 15 is 0 Å². The van der Waals surface area contributed by atoms with Crippen LogP contribution in [0.5, 0.6) is 5.75 Å². The fourth-order valence-corrected chi connectivity index (χ4v) is 6.05. The summed E-state index contributed by atoms with van der Waals surface area (Å²) in [5.74, 6) is 1.93. The van der Waals surface area contributed by atoms with Gasteiger partial charge in [0.1, 0.15) is 16.8 Å². The Labute approximate surface area is 192 Å². The second-order valence-corrected chi connectivity index (χ2v) is 9.41. The number of piperidine rings is 1. The molecule has 3 atom stereocenters. The molecule has 3 aliphatic rings. The standard InChI is InChI=1S/C25H30N6O2/c1-4-30-19(11-14-6-5-9-27-23(14)30)24-28-17-10-16(12-20(33-3)22(17)29(24)2)25(32)31-13-15-7-8-18(31)21(15)26/h6,10-12,15,18,21H,4-5,7-9,13,26H2,1-3H3/t15-,18-,21-/m1/s1. The number of imidazole rings is 1. The van der Waals surface area contributed by atoms with Gasteiger partial charge in [0.25, 0.3) is 5.91 Å². The van der Waals surface area contributed by atoms with Gasteiger partial charge in [-0.3, -0.25) is 9.79 Å². The summed E-state index contributed by atoms with van der Waals surface area (Å²) in [6, 6.07) is 6.15. The number of ether oxygens (including phenoxy) is 1. The molecule has 33 heavy (non-hydrogen) atoms. The molecule has 3 aromatic rings. The maximum atomic E-state index is 13.4. The van der Waals surface area contributed by atoms with E-state index < -0.39 is 0 Å². The van der Waals surface area contributed by atoms with Crippen LogP contribution in [-0.2, 0) is 13.6 Å². The number of aromatic nitrogens is 3. The third kappa shape index (κ3) is 2.89. The molecule has 1 aromatic carbocycles. The molecular formula is C25H30N6O2. The summed E-state index contributed by atoms with van der Waals surface area (Å²) >= 11 is 0. The van der Waals surface area contributed by atoms with Gasteiger partial charge in [0, 0.05) is 49.5 Å². The molecule has 2 fully saturated rings. The molecular weight excluding hydrogens is 416 g/mol. The summed E-state index contributed by atoms with van der Waals surface area (Å²) in [7, 11) is 3.64. The molecule has 1 aliphatic carbocycles. The molecule has 0 spiro atoms. The smallest absolute Gasteiger partial charge is 0.254 e. The van der Waals surface area contributed by atoms with E-state index in [0.29, 0.717) is 17.2 Å². The van der Waals surface area contributed by atoms with Crippen molar-refractivity contribution < 1.29 is 9.53 Å². The molecule has 8 nitrogen and oxygen atoms in total. The van der Waals surface area contributed by atoms with Crippen LogP contribution in [-0.4, -0.2) is 57.2 Å². The molecule has 0 unspecified atom stereocenters. The normalized spacial score (nSPS) is 23.5. The van der Waals surface area contributed by atoms with Crippen LogP contribution in [0.15, 0.2) is 23.2 Å². The van der Waals surface area contributed by atoms with Crippen molar-refractivity contribution in [1.29, 1.82) is 0 Å². The summed E-state index contributed by atoms with van der Waals surface area (Å²) in [5, 5.41) is 1.16.